The molecule has 0 spiro atoms. The smallest absolute Gasteiger partial charge is 0.125 e. The van der Waals surface area contributed by atoms with E-state index in [4.69, 9.17) is 0 Å². The van der Waals surface area contributed by atoms with Crippen LogP contribution >= 0.6 is 0 Å². The van der Waals surface area contributed by atoms with Crippen molar-refractivity contribution in [1.29, 1.82) is 0 Å². The lowest BCUT2D eigenvalue weighted by atomic mass is 10.1. The van der Waals surface area contributed by atoms with Crippen molar-refractivity contribution in [1.82, 2.24) is 0 Å². The molecule has 0 aromatic heterocycles. The van der Waals surface area contributed by atoms with Crippen molar-refractivity contribution in [2.24, 2.45) is 0 Å². The fourth-order valence-corrected chi connectivity index (χ4v) is 0.702. The highest BCUT2D eigenvalue weighted by Crippen LogP contribution is 2.11. The maximum atomic E-state index is 12.7. The Morgan fingerprint density at radius 1 is 1.31 bits per heavy atom. The summed E-state index contributed by atoms with van der Waals surface area (Å²) in [5.74, 6) is -0.238. The van der Waals surface area contributed by atoms with Gasteiger partial charge in [0.25, 0.3) is 0 Å². The highest BCUT2D eigenvalue weighted by atomic mass is 19.1. The van der Waals surface area contributed by atoms with E-state index < -0.39 is 0 Å². The minimum atomic E-state index is -0.238. The highest BCUT2D eigenvalue weighted by molar-refractivity contribution is 5.28. The van der Waals surface area contributed by atoms with Crippen LogP contribution in [-0.4, -0.2) is 0 Å². The molecule has 0 amide bonds. The van der Waals surface area contributed by atoms with Gasteiger partial charge in [-0.1, -0.05) is 39.0 Å². The second-order valence-electron chi connectivity index (χ2n) is 2.58. The van der Waals surface area contributed by atoms with Gasteiger partial charge in [-0.15, -0.1) is 0 Å². The molecule has 0 aromatic rings. The van der Waals surface area contributed by atoms with Crippen molar-refractivity contribution in [2.75, 3.05) is 0 Å². The first-order valence-electron chi connectivity index (χ1n) is 4.77. The molecule has 0 unspecified atom stereocenters. The largest absolute Gasteiger partial charge is 0.207 e. The van der Waals surface area contributed by atoms with Crippen molar-refractivity contribution >= 4 is 0 Å². The predicted molar refractivity (Wildman–Crippen MR) is 59.4 cm³/mol. The molecular formula is C12H21F. The third kappa shape index (κ3) is 7.51. The van der Waals surface area contributed by atoms with Crippen molar-refractivity contribution in [3.8, 4) is 0 Å². The molecule has 0 saturated carbocycles. The fraction of sp³-hybridized carbons (Fsp3) is 0.500. The van der Waals surface area contributed by atoms with Gasteiger partial charge in [0.2, 0.25) is 0 Å². The highest BCUT2D eigenvalue weighted by Gasteiger charge is 1.92. The lowest BCUT2D eigenvalue weighted by Gasteiger charge is -1.96. The summed E-state index contributed by atoms with van der Waals surface area (Å²) >= 11 is 0. The molecule has 0 aliphatic carbocycles. The van der Waals surface area contributed by atoms with Gasteiger partial charge in [-0.25, -0.2) is 4.39 Å². The molecule has 0 nitrogen and oxygen atoms in total. The maximum Gasteiger partial charge on any atom is 0.125 e. The molecule has 0 fully saturated rings. The molecule has 0 bridgehead atoms. The van der Waals surface area contributed by atoms with Crippen LogP contribution in [0.3, 0.4) is 0 Å². The van der Waals surface area contributed by atoms with E-state index in [-0.39, 0.29) is 5.83 Å². The number of hydrogen-bond acceptors (Lipinski definition) is 0. The monoisotopic (exact) mass is 184 g/mol. The van der Waals surface area contributed by atoms with Crippen LogP contribution in [0, 0.1) is 0 Å². The average molecular weight is 184 g/mol. The summed E-state index contributed by atoms with van der Waals surface area (Å²) in [4.78, 5) is 0. The first kappa shape index (κ1) is 14.7. The SMILES string of the molecule is C=C/C(F)=C(C)\C=C(/C)CC.CC. The van der Waals surface area contributed by atoms with Crippen LogP contribution in [0.2, 0.25) is 0 Å². The quantitative estimate of drug-likeness (QED) is 0.553. The fourth-order valence-electron chi connectivity index (χ4n) is 0.702. The topological polar surface area (TPSA) is 0 Å². The molecule has 0 saturated heterocycles. The van der Waals surface area contributed by atoms with E-state index in [1.807, 2.05) is 33.8 Å². The zero-order valence-corrected chi connectivity index (χ0v) is 9.45. The molecule has 0 aliphatic rings. The lowest BCUT2D eigenvalue weighted by Crippen LogP contribution is -1.77. The summed E-state index contributed by atoms with van der Waals surface area (Å²) in [6, 6.07) is 0. The molecule has 0 atom stereocenters. The van der Waals surface area contributed by atoms with Crippen molar-refractivity contribution in [3.63, 3.8) is 0 Å². The van der Waals surface area contributed by atoms with Gasteiger partial charge in [-0.2, -0.15) is 0 Å². The molecule has 0 aliphatic heterocycles. The van der Waals surface area contributed by atoms with Crippen LogP contribution in [0.25, 0.3) is 0 Å². The predicted octanol–water partition coefficient (Wildman–Crippen LogP) is 4.80. The van der Waals surface area contributed by atoms with Crippen LogP contribution in [0.4, 0.5) is 4.39 Å². The van der Waals surface area contributed by atoms with Gasteiger partial charge in [0.05, 0.1) is 0 Å². The Labute approximate surface area is 81.9 Å². The van der Waals surface area contributed by atoms with E-state index in [0.717, 1.165) is 6.42 Å². The van der Waals surface area contributed by atoms with Crippen LogP contribution in [0.15, 0.2) is 35.7 Å². The zero-order valence-electron chi connectivity index (χ0n) is 9.45. The Balaban J connectivity index is 0. The molecule has 0 radical (unpaired) electrons. The summed E-state index contributed by atoms with van der Waals surface area (Å²) in [6.45, 7) is 13.1. The number of rotatable bonds is 3. The van der Waals surface area contributed by atoms with E-state index in [0.29, 0.717) is 5.57 Å². The second kappa shape index (κ2) is 9.24. The number of halogens is 1. The van der Waals surface area contributed by atoms with Gasteiger partial charge in [-0.3, -0.25) is 0 Å². The van der Waals surface area contributed by atoms with E-state index in [1.165, 1.54) is 11.6 Å². The minimum absolute atomic E-state index is 0.238. The van der Waals surface area contributed by atoms with Crippen molar-refractivity contribution in [3.05, 3.63) is 35.7 Å². The van der Waals surface area contributed by atoms with E-state index >= 15 is 0 Å². The molecule has 0 rings (SSSR count). The first-order valence-corrected chi connectivity index (χ1v) is 4.77. The molecule has 76 valence electrons. The van der Waals surface area contributed by atoms with Gasteiger partial charge in [0.1, 0.15) is 5.83 Å². The summed E-state index contributed by atoms with van der Waals surface area (Å²) in [7, 11) is 0. The lowest BCUT2D eigenvalue weighted by molar-refractivity contribution is 0.658. The van der Waals surface area contributed by atoms with E-state index in [9.17, 15) is 4.39 Å². The zero-order chi connectivity index (χ0) is 10.9. The Bertz CT molecular complexity index is 197. The van der Waals surface area contributed by atoms with Crippen LogP contribution < -0.4 is 0 Å². The molecule has 13 heavy (non-hydrogen) atoms. The van der Waals surface area contributed by atoms with Crippen molar-refractivity contribution in [2.45, 2.75) is 41.0 Å². The van der Waals surface area contributed by atoms with E-state index in [1.54, 1.807) is 6.92 Å². The Kier molecular flexibility index (Phi) is 10.4. The summed E-state index contributed by atoms with van der Waals surface area (Å²) in [5.41, 5.74) is 1.83. The molecule has 1 heteroatoms. The summed E-state index contributed by atoms with van der Waals surface area (Å²) in [6.07, 6.45) is 4.04. The van der Waals surface area contributed by atoms with Gasteiger partial charge < -0.3 is 0 Å². The third-order valence-corrected chi connectivity index (χ3v) is 1.58. The number of hydrogen-bond donors (Lipinski definition) is 0. The average Bonchev–Trinajstić information content (AvgIpc) is 2.19. The van der Waals surface area contributed by atoms with Gasteiger partial charge in [0.15, 0.2) is 0 Å². The normalized spacial score (nSPS) is 12.6. The van der Waals surface area contributed by atoms with Gasteiger partial charge in [0, 0.05) is 0 Å². The molecule has 0 aromatic carbocycles. The van der Waals surface area contributed by atoms with E-state index in [2.05, 4.69) is 6.58 Å². The summed E-state index contributed by atoms with van der Waals surface area (Å²) in [5, 5.41) is 0. The van der Waals surface area contributed by atoms with Crippen LogP contribution in [0.1, 0.15) is 41.0 Å². The molecular weight excluding hydrogens is 163 g/mol. The molecule has 0 N–H and O–H groups in total. The van der Waals surface area contributed by atoms with Crippen LogP contribution in [0.5, 0.6) is 0 Å². The molecule has 0 heterocycles. The Hall–Kier alpha value is -0.850. The van der Waals surface area contributed by atoms with Gasteiger partial charge in [-0.05, 0) is 31.9 Å². The van der Waals surface area contributed by atoms with Crippen LogP contribution in [-0.2, 0) is 0 Å². The third-order valence-electron chi connectivity index (χ3n) is 1.58. The minimum Gasteiger partial charge on any atom is -0.207 e. The second-order valence-corrected chi connectivity index (χ2v) is 2.58. The first-order chi connectivity index (χ1) is 6.11. The Morgan fingerprint density at radius 3 is 2.08 bits per heavy atom. The van der Waals surface area contributed by atoms with Gasteiger partial charge >= 0.3 is 0 Å². The summed E-state index contributed by atoms with van der Waals surface area (Å²) < 4.78 is 12.7. The van der Waals surface area contributed by atoms with Crippen molar-refractivity contribution < 1.29 is 4.39 Å². The standard InChI is InChI=1S/C10H15F.C2H6/c1-5-8(3)7-9(4)10(11)6-2;1-2/h6-7H,2,5H2,1,3-4H3;1-2H3/b8-7+,10-9+;. The Morgan fingerprint density at radius 2 is 1.77 bits per heavy atom. The number of allylic oxidation sites excluding steroid dienone is 5. The maximum absolute atomic E-state index is 12.7.